The SMILES string of the molecule is C[C@H](OCC1Cc2ccccc21)C(=O)O. The summed E-state index contributed by atoms with van der Waals surface area (Å²) in [5.41, 5.74) is 2.66. The first kappa shape index (κ1) is 10.2. The average molecular weight is 206 g/mol. The van der Waals surface area contributed by atoms with Gasteiger partial charge in [0.05, 0.1) is 6.61 Å². The number of rotatable bonds is 4. The molecule has 0 saturated heterocycles. The zero-order valence-corrected chi connectivity index (χ0v) is 8.64. The van der Waals surface area contributed by atoms with Crippen molar-refractivity contribution in [3.05, 3.63) is 35.4 Å². The maximum atomic E-state index is 10.5. The first-order valence-corrected chi connectivity index (χ1v) is 5.10. The van der Waals surface area contributed by atoms with Crippen molar-refractivity contribution in [1.29, 1.82) is 0 Å². The summed E-state index contributed by atoms with van der Waals surface area (Å²) in [5.74, 6) is -0.523. The molecule has 15 heavy (non-hydrogen) atoms. The Labute approximate surface area is 88.7 Å². The van der Waals surface area contributed by atoms with Gasteiger partial charge in [0.2, 0.25) is 0 Å². The van der Waals surface area contributed by atoms with Crippen molar-refractivity contribution in [3.8, 4) is 0 Å². The molecular formula is C12H14O3. The molecule has 1 aromatic carbocycles. The number of carboxylic acids is 1. The van der Waals surface area contributed by atoms with Gasteiger partial charge in [0, 0.05) is 5.92 Å². The number of fused-ring (bicyclic) bond motifs is 1. The first-order valence-electron chi connectivity index (χ1n) is 5.10. The zero-order chi connectivity index (χ0) is 10.8. The van der Waals surface area contributed by atoms with Crippen LogP contribution in [0.2, 0.25) is 0 Å². The zero-order valence-electron chi connectivity index (χ0n) is 8.64. The molecule has 1 unspecified atom stereocenters. The molecular weight excluding hydrogens is 192 g/mol. The highest BCUT2D eigenvalue weighted by Gasteiger charge is 2.26. The van der Waals surface area contributed by atoms with E-state index in [9.17, 15) is 4.79 Å². The van der Waals surface area contributed by atoms with E-state index in [2.05, 4.69) is 12.1 Å². The van der Waals surface area contributed by atoms with Gasteiger partial charge in [-0.15, -0.1) is 0 Å². The molecule has 0 spiro atoms. The predicted octanol–water partition coefficient (Wildman–Crippen LogP) is 1.82. The molecule has 3 heteroatoms. The Morgan fingerprint density at radius 3 is 3.00 bits per heavy atom. The standard InChI is InChI=1S/C12H14O3/c1-8(12(13)14)15-7-10-6-9-4-2-3-5-11(9)10/h2-5,8,10H,6-7H2,1H3,(H,13,14)/t8-,10?/m0/s1. The Kier molecular flexibility index (Phi) is 2.73. The molecule has 0 aliphatic heterocycles. The van der Waals surface area contributed by atoms with E-state index in [1.165, 1.54) is 11.1 Å². The van der Waals surface area contributed by atoms with Gasteiger partial charge in [-0.3, -0.25) is 0 Å². The number of hydrogen-bond acceptors (Lipinski definition) is 2. The van der Waals surface area contributed by atoms with Crippen molar-refractivity contribution in [2.24, 2.45) is 0 Å². The van der Waals surface area contributed by atoms with Gasteiger partial charge >= 0.3 is 5.97 Å². The molecule has 1 aliphatic carbocycles. The number of aliphatic carboxylic acids is 1. The lowest BCUT2D eigenvalue weighted by atomic mass is 9.78. The summed E-state index contributed by atoms with van der Waals surface area (Å²) in [6.45, 7) is 2.07. The van der Waals surface area contributed by atoms with Gasteiger partial charge in [-0.2, -0.15) is 0 Å². The highest BCUT2D eigenvalue weighted by molar-refractivity contribution is 5.71. The topological polar surface area (TPSA) is 46.5 Å². The smallest absolute Gasteiger partial charge is 0.332 e. The Balaban J connectivity index is 1.87. The highest BCUT2D eigenvalue weighted by atomic mass is 16.5. The molecule has 0 amide bonds. The normalized spacial score (nSPS) is 20.2. The molecule has 80 valence electrons. The second-order valence-electron chi connectivity index (χ2n) is 3.91. The molecule has 2 atom stereocenters. The molecule has 1 N–H and O–H groups in total. The fraction of sp³-hybridized carbons (Fsp3) is 0.417. The number of carboxylic acid groups (broad SMARTS) is 1. The summed E-state index contributed by atoms with van der Waals surface area (Å²) < 4.78 is 5.26. The van der Waals surface area contributed by atoms with Crippen molar-refractivity contribution in [2.45, 2.75) is 25.4 Å². The average Bonchev–Trinajstić information content (AvgIpc) is 2.19. The van der Waals surface area contributed by atoms with Gasteiger partial charge in [0.15, 0.2) is 6.10 Å². The summed E-state index contributed by atoms with van der Waals surface area (Å²) in [5, 5.41) is 8.66. The molecule has 3 nitrogen and oxygen atoms in total. The monoisotopic (exact) mass is 206 g/mol. The minimum absolute atomic E-state index is 0.378. The molecule has 0 fully saturated rings. The van der Waals surface area contributed by atoms with Crippen LogP contribution in [-0.2, 0) is 16.0 Å². The number of benzene rings is 1. The number of ether oxygens (including phenoxy) is 1. The van der Waals surface area contributed by atoms with Gasteiger partial charge in [-0.25, -0.2) is 4.79 Å². The van der Waals surface area contributed by atoms with Crippen molar-refractivity contribution >= 4 is 5.97 Å². The van der Waals surface area contributed by atoms with E-state index in [0.29, 0.717) is 12.5 Å². The Hall–Kier alpha value is -1.35. The lowest BCUT2D eigenvalue weighted by Gasteiger charge is -2.30. The second kappa shape index (κ2) is 4.03. The minimum Gasteiger partial charge on any atom is -0.479 e. The van der Waals surface area contributed by atoms with E-state index in [-0.39, 0.29) is 0 Å². The minimum atomic E-state index is -0.900. The largest absolute Gasteiger partial charge is 0.479 e. The van der Waals surface area contributed by atoms with Crippen molar-refractivity contribution in [1.82, 2.24) is 0 Å². The molecule has 2 rings (SSSR count). The van der Waals surface area contributed by atoms with Crippen LogP contribution in [-0.4, -0.2) is 23.8 Å². The third kappa shape index (κ3) is 2.02. The molecule has 0 aromatic heterocycles. The van der Waals surface area contributed by atoms with E-state index in [1.807, 2.05) is 12.1 Å². The van der Waals surface area contributed by atoms with Gasteiger partial charge in [0.1, 0.15) is 0 Å². The maximum Gasteiger partial charge on any atom is 0.332 e. The van der Waals surface area contributed by atoms with Crippen LogP contribution >= 0.6 is 0 Å². The third-order valence-corrected chi connectivity index (χ3v) is 2.86. The van der Waals surface area contributed by atoms with Crippen LogP contribution in [0, 0.1) is 0 Å². The lowest BCUT2D eigenvalue weighted by Crippen LogP contribution is -2.27. The molecule has 0 bridgehead atoms. The van der Waals surface area contributed by atoms with E-state index >= 15 is 0 Å². The summed E-state index contributed by atoms with van der Waals surface area (Å²) in [7, 11) is 0. The number of hydrogen-bond donors (Lipinski definition) is 1. The van der Waals surface area contributed by atoms with Crippen LogP contribution in [0.15, 0.2) is 24.3 Å². The fourth-order valence-electron chi connectivity index (χ4n) is 1.84. The van der Waals surface area contributed by atoms with Gasteiger partial charge in [-0.1, -0.05) is 24.3 Å². The Morgan fingerprint density at radius 1 is 1.60 bits per heavy atom. The second-order valence-corrected chi connectivity index (χ2v) is 3.91. The molecule has 0 heterocycles. The molecule has 1 aliphatic rings. The van der Waals surface area contributed by atoms with E-state index in [4.69, 9.17) is 9.84 Å². The van der Waals surface area contributed by atoms with Gasteiger partial charge < -0.3 is 9.84 Å². The first-order chi connectivity index (χ1) is 7.18. The van der Waals surface area contributed by atoms with Crippen molar-refractivity contribution < 1.29 is 14.6 Å². The van der Waals surface area contributed by atoms with Crippen LogP contribution in [0.5, 0.6) is 0 Å². The summed E-state index contributed by atoms with van der Waals surface area (Å²) >= 11 is 0. The summed E-state index contributed by atoms with van der Waals surface area (Å²) in [6, 6.07) is 8.21. The highest BCUT2D eigenvalue weighted by Crippen LogP contribution is 2.34. The van der Waals surface area contributed by atoms with E-state index in [0.717, 1.165) is 6.42 Å². The molecule has 0 saturated carbocycles. The van der Waals surface area contributed by atoms with E-state index < -0.39 is 12.1 Å². The van der Waals surface area contributed by atoms with Crippen molar-refractivity contribution in [3.63, 3.8) is 0 Å². The molecule has 0 radical (unpaired) electrons. The van der Waals surface area contributed by atoms with Gasteiger partial charge in [-0.05, 0) is 24.5 Å². The summed E-state index contributed by atoms with van der Waals surface area (Å²) in [6.07, 6.45) is 0.292. The van der Waals surface area contributed by atoms with Crippen LogP contribution in [0.25, 0.3) is 0 Å². The maximum absolute atomic E-state index is 10.5. The number of carbonyl (C=O) groups is 1. The third-order valence-electron chi connectivity index (χ3n) is 2.86. The van der Waals surface area contributed by atoms with Crippen LogP contribution in [0.4, 0.5) is 0 Å². The van der Waals surface area contributed by atoms with Gasteiger partial charge in [0.25, 0.3) is 0 Å². The van der Waals surface area contributed by atoms with Crippen LogP contribution in [0.3, 0.4) is 0 Å². The van der Waals surface area contributed by atoms with Crippen molar-refractivity contribution in [2.75, 3.05) is 6.61 Å². The Morgan fingerprint density at radius 2 is 2.33 bits per heavy atom. The summed E-state index contributed by atoms with van der Waals surface area (Å²) in [4.78, 5) is 10.5. The fourth-order valence-corrected chi connectivity index (χ4v) is 1.84. The Bertz CT molecular complexity index is 373. The quantitative estimate of drug-likeness (QED) is 0.817. The predicted molar refractivity (Wildman–Crippen MR) is 55.9 cm³/mol. The lowest BCUT2D eigenvalue weighted by molar-refractivity contribution is -0.149. The molecule has 1 aromatic rings. The van der Waals surface area contributed by atoms with Crippen LogP contribution < -0.4 is 0 Å². The van der Waals surface area contributed by atoms with E-state index in [1.54, 1.807) is 6.92 Å². The van der Waals surface area contributed by atoms with Crippen LogP contribution in [0.1, 0.15) is 24.0 Å².